The number of alkyl halides is 2. The standard InChI is InChI=1S/C23H27F2N5O2S/c1-10(12-7-8-12)26-23-27-11(2)17(22-29-14-5-3-4-6-16(14)33-22)21(30-23)28-15-9-13(20(24)25)18(31)19(15)32/h3-6,10,12-13,15,18-20,31-32H,7-9H2,1-2H3,(H2,26,27,28,30)/t10-,13+,15?,18-,19+/m1/s1. The Bertz CT molecular complexity index is 1120. The molecule has 2 aliphatic carbocycles. The fraction of sp³-hybridized carbons (Fsp3) is 0.522. The molecule has 33 heavy (non-hydrogen) atoms. The van der Waals surface area contributed by atoms with E-state index in [0.717, 1.165) is 10.2 Å². The summed E-state index contributed by atoms with van der Waals surface area (Å²) < 4.78 is 27.7. The van der Waals surface area contributed by atoms with Gasteiger partial charge in [-0.2, -0.15) is 4.98 Å². The summed E-state index contributed by atoms with van der Waals surface area (Å²) in [6.07, 6.45) is -3.27. The minimum atomic E-state index is -2.71. The second kappa shape index (κ2) is 8.73. The Labute approximate surface area is 194 Å². The van der Waals surface area contributed by atoms with Crippen molar-refractivity contribution in [3.05, 3.63) is 30.0 Å². The summed E-state index contributed by atoms with van der Waals surface area (Å²) in [5, 5.41) is 27.8. The number of benzene rings is 1. The minimum Gasteiger partial charge on any atom is -0.390 e. The monoisotopic (exact) mass is 475 g/mol. The van der Waals surface area contributed by atoms with Gasteiger partial charge in [0, 0.05) is 6.04 Å². The molecule has 0 saturated heterocycles. The Morgan fingerprint density at radius 3 is 2.52 bits per heavy atom. The first-order valence-electron chi connectivity index (χ1n) is 11.2. The SMILES string of the molecule is Cc1nc(N[C@H](C)C2CC2)nc(NC2C[C@H](C(F)F)[C@@H](O)[C@H]2O)c1-c1nc2ccccc2s1. The van der Waals surface area contributed by atoms with Crippen LogP contribution in [0.25, 0.3) is 20.8 Å². The molecule has 1 aromatic carbocycles. The van der Waals surface area contributed by atoms with Gasteiger partial charge in [-0.3, -0.25) is 0 Å². The van der Waals surface area contributed by atoms with E-state index in [1.165, 1.54) is 24.2 Å². The van der Waals surface area contributed by atoms with Crippen LogP contribution in [-0.2, 0) is 0 Å². The third-order valence-corrected chi connectivity index (χ3v) is 7.71. The van der Waals surface area contributed by atoms with E-state index in [4.69, 9.17) is 4.98 Å². The van der Waals surface area contributed by atoms with Gasteiger partial charge in [-0.1, -0.05) is 12.1 Å². The number of hydrogen-bond acceptors (Lipinski definition) is 8. The van der Waals surface area contributed by atoms with Crippen LogP contribution in [0.3, 0.4) is 0 Å². The molecule has 5 rings (SSSR count). The maximum atomic E-state index is 13.3. The molecule has 2 aliphatic rings. The molecule has 0 bridgehead atoms. The van der Waals surface area contributed by atoms with Crippen molar-refractivity contribution in [1.29, 1.82) is 0 Å². The number of aliphatic hydroxyl groups is 2. The lowest BCUT2D eigenvalue weighted by Gasteiger charge is -2.22. The molecule has 1 unspecified atom stereocenters. The van der Waals surface area contributed by atoms with Crippen LogP contribution in [-0.4, -0.2) is 55.9 Å². The second-order valence-corrected chi connectivity index (χ2v) is 10.1. The molecule has 4 N–H and O–H groups in total. The van der Waals surface area contributed by atoms with Crippen LogP contribution < -0.4 is 10.6 Å². The highest BCUT2D eigenvalue weighted by Gasteiger charge is 2.46. The fourth-order valence-electron chi connectivity index (χ4n) is 4.53. The Morgan fingerprint density at radius 2 is 1.85 bits per heavy atom. The molecule has 2 fully saturated rings. The Balaban J connectivity index is 1.53. The van der Waals surface area contributed by atoms with Gasteiger partial charge in [-0.25, -0.2) is 18.7 Å². The van der Waals surface area contributed by atoms with Crippen molar-refractivity contribution in [2.75, 3.05) is 10.6 Å². The molecule has 7 nitrogen and oxygen atoms in total. The highest BCUT2D eigenvalue weighted by molar-refractivity contribution is 7.21. The highest BCUT2D eigenvalue weighted by Crippen LogP contribution is 2.39. The summed E-state index contributed by atoms with van der Waals surface area (Å²) in [5.41, 5.74) is 2.21. The van der Waals surface area contributed by atoms with Gasteiger partial charge in [0.05, 0.1) is 39.5 Å². The lowest BCUT2D eigenvalue weighted by Crippen LogP contribution is -2.36. The van der Waals surface area contributed by atoms with E-state index in [1.54, 1.807) is 0 Å². The normalized spacial score (nSPS) is 26.2. The molecule has 2 saturated carbocycles. The van der Waals surface area contributed by atoms with E-state index in [-0.39, 0.29) is 12.5 Å². The number of nitrogens with zero attached hydrogens (tertiary/aromatic N) is 3. The number of hydrogen-bond donors (Lipinski definition) is 4. The number of aliphatic hydroxyl groups excluding tert-OH is 2. The molecule has 10 heteroatoms. The van der Waals surface area contributed by atoms with Gasteiger partial charge in [0.25, 0.3) is 0 Å². The predicted octanol–water partition coefficient (Wildman–Crippen LogP) is 4.06. The molecule has 0 radical (unpaired) electrons. The van der Waals surface area contributed by atoms with Crippen molar-refractivity contribution < 1.29 is 19.0 Å². The van der Waals surface area contributed by atoms with Crippen LogP contribution in [0.2, 0.25) is 0 Å². The molecule has 176 valence electrons. The highest BCUT2D eigenvalue weighted by atomic mass is 32.1. The summed E-state index contributed by atoms with van der Waals surface area (Å²) in [4.78, 5) is 14.1. The molecule has 2 heterocycles. The number of nitrogens with one attached hydrogen (secondary N) is 2. The van der Waals surface area contributed by atoms with Crippen molar-refractivity contribution in [2.24, 2.45) is 11.8 Å². The Morgan fingerprint density at radius 1 is 1.09 bits per heavy atom. The van der Waals surface area contributed by atoms with Gasteiger partial charge in [0.15, 0.2) is 0 Å². The van der Waals surface area contributed by atoms with Crippen molar-refractivity contribution in [2.45, 2.75) is 63.8 Å². The van der Waals surface area contributed by atoms with Gasteiger partial charge in [0.2, 0.25) is 12.4 Å². The summed E-state index contributed by atoms with van der Waals surface area (Å²) >= 11 is 1.49. The van der Waals surface area contributed by atoms with E-state index in [9.17, 15) is 19.0 Å². The average molecular weight is 476 g/mol. The molecular formula is C23H27F2N5O2S. The lowest BCUT2D eigenvalue weighted by atomic mass is 10.1. The number of thiazole rings is 1. The molecular weight excluding hydrogens is 448 g/mol. The molecule has 0 amide bonds. The Hall–Kier alpha value is -2.43. The first-order valence-corrected chi connectivity index (χ1v) is 12.1. The average Bonchev–Trinajstić information content (AvgIpc) is 3.48. The third-order valence-electron chi connectivity index (χ3n) is 6.66. The van der Waals surface area contributed by atoms with E-state index in [1.807, 2.05) is 31.2 Å². The van der Waals surface area contributed by atoms with Crippen LogP contribution >= 0.6 is 11.3 Å². The maximum Gasteiger partial charge on any atom is 0.244 e. The molecule has 2 aromatic heterocycles. The number of halogens is 2. The smallest absolute Gasteiger partial charge is 0.244 e. The number of aryl methyl sites for hydroxylation is 1. The summed E-state index contributed by atoms with van der Waals surface area (Å²) in [7, 11) is 0. The number of anilines is 2. The second-order valence-electron chi connectivity index (χ2n) is 9.08. The molecule has 3 aromatic rings. The zero-order valence-electron chi connectivity index (χ0n) is 18.4. The number of fused-ring (bicyclic) bond motifs is 1. The quantitative estimate of drug-likeness (QED) is 0.409. The number of para-hydroxylation sites is 1. The van der Waals surface area contributed by atoms with Crippen LogP contribution in [0, 0.1) is 18.8 Å². The van der Waals surface area contributed by atoms with Crippen molar-refractivity contribution in [1.82, 2.24) is 15.0 Å². The zero-order valence-corrected chi connectivity index (χ0v) is 19.2. The number of rotatable bonds is 7. The zero-order chi connectivity index (χ0) is 23.3. The summed E-state index contributed by atoms with van der Waals surface area (Å²) in [6.45, 7) is 3.96. The van der Waals surface area contributed by atoms with E-state index >= 15 is 0 Å². The largest absolute Gasteiger partial charge is 0.390 e. The van der Waals surface area contributed by atoms with Gasteiger partial charge in [-0.15, -0.1) is 11.3 Å². The fourth-order valence-corrected chi connectivity index (χ4v) is 5.59. The predicted molar refractivity (Wildman–Crippen MR) is 125 cm³/mol. The van der Waals surface area contributed by atoms with Crippen LogP contribution in [0.5, 0.6) is 0 Å². The number of aromatic nitrogens is 3. The van der Waals surface area contributed by atoms with Gasteiger partial charge >= 0.3 is 0 Å². The molecule has 0 aliphatic heterocycles. The van der Waals surface area contributed by atoms with Crippen LogP contribution in [0.15, 0.2) is 24.3 Å². The lowest BCUT2D eigenvalue weighted by molar-refractivity contribution is -0.0333. The first-order chi connectivity index (χ1) is 15.8. The van der Waals surface area contributed by atoms with Gasteiger partial charge in [0.1, 0.15) is 16.9 Å². The van der Waals surface area contributed by atoms with Gasteiger partial charge < -0.3 is 20.8 Å². The topological polar surface area (TPSA) is 103 Å². The van der Waals surface area contributed by atoms with E-state index < -0.39 is 30.6 Å². The van der Waals surface area contributed by atoms with Crippen molar-refractivity contribution >= 4 is 33.3 Å². The van der Waals surface area contributed by atoms with Crippen LogP contribution in [0.4, 0.5) is 20.5 Å². The minimum absolute atomic E-state index is 0.0659. The molecule has 5 atom stereocenters. The Kier molecular flexibility index (Phi) is 5.92. The van der Waals surface area contributed by atoms with Gasteiger partial charge in [-0.05, 0) is 51.2 Å². The maximum absolute atomic E-state index is 13.3. The van der Waals surface area contributed by atoms with Crippen LogP contribution in [0.1, 0.15) is 31.9 Å². The van der Waals surface area contributed by atoms with Crippen molar-refractivity contribution in [3.8, 4) is 10.6 Å². The third kappa shape index (κ3) is 4.39. The summed E-state index contributed by atoms with van der Waals surface area (Å²) in [6, 6.07) is 7.22. The first kappa shape index (κ1) is 22.4. The van der Waals surface area contributed by atoms with Crippen molar-refractivity contribution in [3.63, 3.8) is 0 Å². The van der Waals surface area contributed by atoms with E-state index in [0.29, 0.717) is 33.9 Å². The summed E-state index contributed by atoms with van der Waals surface area (Å²) in [5.74, 6) is 0.155. The van der Waals surface area contributed by atoms with E-state index in [2.05, 4.69) is 27.5 Å². The molecule has 0 spiro atoms.